The lowest BCUT2D eigenvalue weighted by molar-refractivity contribution is -0.135. The number of rotatable bonds is 4. The Kier molecular flexibility index (Phi) is 4.04. The second-order valence-electron chi connectivity index (χ2n) is 3.64. The first-order valence-corrected chi connectivity index (χ1v) is 4.90. The molecule has 0 saturated carbocycles. The molecule has 0 saturated heterocycles. The molecule has 0 fully saturated rings. The Bertz CT molecular complexity index is 374. The predicted octanol–water partition coefficient (Wildman–Crippen LogP) is 3.31. The minimum atomic E-state index is -4.19. The number of nitrogens with zero attached hydrogens (tertiary/aromatic N) is 1. The van der Waals surface area contributed by atoms with Gasteiger partial charge < -0.3 is 0 Å². The molecule has 0 aliphatic carbocycles. The lowest BCUT2D eigenvalue weighted by Gasteiger charge is -2.05. The van der Waals surface area contributed by atoms with Crippen LogP contribution < -0.4 is 0 Å². The molecule has 0 aromatic carbocycles. The summed E-state index contributed by atoms with van der Waals surface area (Å²) in [7, 11) is 0. The van der Waals surface area contributed by atoms with Crippen LogP contribution in [0.1, 0.15) is 35.2 Å². The Labute approximate surface area is 91.5 Å². The van der Waals surface area contributed by atoms with E-state index in [1.807, 2.05) is 0 Å². The number of aryl methyl sites for hydroxylation is 1. The number of ketones is 1. The molecule has 0 spiro atoms. The molecule has 0 unspecified atom stereocenters. The maximum atomic E-state index is 11.8. The number of hydrogen-bond donors (Lipinski definition) is 0. The van der Waals surface area contributed by atoms with E-state index in [0.717, 1.165) is 5.56 Å². The van der Waals surface area contributed by atoms with Crippen molar-refractivity contribution in [3.05, 3.63) is 29.6 Å². The smallest absolute Gasteiger partial charge is 0.294 e. The van der Waals surface area contributed by atoms with E-state index in [9.17, 15) is 18.0 Å². The van der Waals surface area contributed by atoms with Gasteiger partial charge in [0.15, 0.2) is 5.78 Å². The van der Waals surface area contributed by atoms with E-state index in [-0.39, 0.29) is 18.6 Å². The average molecular weight is 231 g/mol. The molecule has 0 atom stereocenters. The number of carbonyl (C=O) groups excluding carboxylic acids is 1. The second kappa shape index (κ2) is 5.09. The van der Waals surface area contributed by atoms with Crippen LogP contribution in [0.25, 0.3) is 0 Å². The first-order chi connectivity index (χ1) is 7.38. The molecule has 16 heavy (non-hydrogen) atoms. The Balaban J connectivity index is 2.47. The third-order valence-electron chi connectivity index (χ3n) is 2.06. The number of aromatic nitrogens is 1. The number of hydrogen-bond acceptors (Lipinski definition) is 2. The molecule has 0 amide bonds. The lowest BCUT2D eigenvalue weighted by atomic mass is 10.1. The third kappa shape index (κ3) is 4.42. The predicted molar refractivity (Wildman–Crippen MR) is 53.2 cm³/mol. The van der Waals surface area contributed by atoms with Crippen LogP contribution in [0, 0.1) is 6.92 Å². The third-order valence-corrected chi connectivity index (χ3v) is 2.06. The van der Waals surface area contributed by atoms with Gasteiger partial charge in [0.1, 0.15) is 0 Å². The number of carbonyl (C=O) groups is 1. The Morgan fingerprint density at radius 3 is 2.62 bits per heavy atom. The molecule has 1 heterocycles. The molecule has 2 nitrogen and oxygen atoms in total. The van der Waals surface area contributed by atoms with E-state index in [2.05, 4.69) is 4.98 Å². The van der Waals surface area contributed by atoms with E-state index < -0.39 is 12.6 Å². The van der Waals surface area contributed by atoms with Crippen LogP contribution in [0.4, 0.5) is 13.2 Å². The highest BCUT2D eigenvalue weighted by Crippen LogP contribution is 2.22. The van der Waals surface area contributed by atoms with Gasteiger partial charge in [-0.15, -0.1) is 0 Å². The average Bonchev–Trinajstić information content (AvgIpc) is 2.15. The number of Topliss-reactive ketones (excluding diaryl/α,β-unsaturated/α-hetero) is 1. The molecule has 0 N–H and O–H groups in total. The summed E-state index contributed by atoms with van der Waals surface area (Å²) in [5.74, 6) is -0.291. The van der Waals surface area contributed by atoms with Gasteiger partial charge in [-0.1, -0.05) is 0 Å². The highest BCUT2D eigenvalue weighted by molar-refractivity contribution is 5.95. The SMILES string of the molecule is Cc1cncc(C(=O)CCCC(F)(F)F)c1. The maximum absolute atomic E-state index is 11.8. The molecule has 0 radical (unpaired) electrons. The van der Waals surface area contributed by atoms with Crippen LogP contribution in [0.3, 0.4) is 0 Å². The maximum Gasteiger partial charge on any atom is 0.389 e. The van der Waals surface area contributed by atoms with Crippen LogP contribution in [0.15, 0.2) is 18.5 Å². The molecule has 88 valence electrons. The van der Waals surface area contributed by atoms with Crippen molar-refractivity contribution in [2.24, 2.45) is 0 Å². The molecular formula is C11H12F3NO. The van der Waals surface area contributed by atoms with Gasteiger partial charge in [-0.2, -0.15) is 13.2 Å². The topological polar surface area (TPSA) is 30.0 Å². The fraction of sp³-hybridized carbons (Fsp3) is 0.455. The Morgan fingerprint density at radius 2 is 2.06 bits per heavy atom. The van der Waals surface area contributed by atoms with Crippen molar-refractivity contribution in [1.29, 1.82) is 0 Å². The van der Waals surface area contributed by atoms with Crippen LogP contribution in [-0.2, 0) is 0 Å². The van der Waals surface area contributed by atoms with Crippen LogP contribution in [0.2, 0.25) is 0 Å². The number of pyridine rings is 1. The molecule has 1 rings (SSSR count). The van der Waals surface area contributed by atoms with Crippen LogP contribution in [-0.4, -0.2) is 16.9 Å². The standard InChI is InChI=1S/C11H12F3NO/c1-8-5-9(7-15-6-8)10(16)3-2-4-11(12,13)14/h5-7H,2-4H2,1H3. The Morgan fingerprint density at radius 1 is 1.38 bits per heavy atom. The van der Waals surface area contributed by atoms with Gasteiger partial charge in [-0.05, 0) is 25.0 Å². The van der Waals surface area contributed by atoms with Crippen LogP contribution in [0.5, 0.6) is 0 Å². The molecule has 0 aliphatic rings. The zero-order valence-corrected chi connectivity index (χ0v) is 8.84. The molecule has 1 aromatic rings. The highest BCUT2D eigenvalue weighted by Gasteiger charge is 2.26. The van der Waals surface area contributed by atoms with E-state index in [0.29, 0.717) is 5.56 Å². The van der Waals surface area contributed by atoms with Crippen molar-refractivity contribution in [1.82, 2.24) is 4.98 Å². The zero-order valence-electron chi connectivity index (χ0n) is 8.84. The van der Waals surface area contributed by atoms with Crippen molar-refractivity contribution >= 4 is 5.78 Å². The van der Waals surface area contributed by atoms with Crippen molar-refractivity contribution in [3.8, 4) is 0 Å². The molecule has 0 aliphatic heterocycles. The van der Waals surface area contributed by atoms with Gasteiger partial charge >= 0.3 is 6.18 Å². The number of alkyl halides is 3. The van der Waals surface area contributed by atoms with Crippen molar-refractivity contribution in [2.45, 2.75) is 32.4 Å². The minimum absolute atomic E-state index is 0.0926. The summed E-state index contributed by atoms with van der Waals surface area (Å²) >= 11 is 0. The summed E-state index contributed by atoms with van der Waals surface area (Å²) in [6.45, 7) is 1.78. The van der Waals surface area contributed by atoms with E-state index in [1.165, 1.54) is 6.20 Å². The first kappa shape index (κ1) is 12.7. The van der Waals surface area contributed by atoms with Crippen molar-refractivity contribution < 1.29 is 18.0 Å². The molecule has 0 bridgehead atoms. The minimum Gasteiger partial charge on any atom is -0.294 e. The van der Waals surface area contributed by atoms with E-state index >= 15 is 0 Å². The van der Waals surface area contributed by atoms with Gasteiger partial charge in [-0.3, -0.25) is 9.78 Å². The lowest BCUT2D eigenvalue weighted by Crippen LogP contribution is -2.08. The van der Waals surface area contributed by atoms with E-state index in [4.69, 9.17) is 0 Å². The van der Waals surface area contributed by atoms with Gasteiger partial charge in [0, 0.05) is 30.8 Å². The summed E-state index contributed by atoms with van der Waals surface area (Å²) in [6, 6.07) is 1.63. The molecule has 1 aromatic heterocycles. The van der Waals surface area contributed by atoms with Crippen molar-refractivity contribution in [2.75, 3.05) is 0 Å². The summed E-state index contributed by atoms with van der Waals surface area (Å²) in [6.07, 6.45) is -2.40. The van der Waals surface area contributed by atoms with Gasteiger partial charge in [-0.25, -0.2) is 0 Å². The largest absolute Gasteiger partial charge is 0.389 e. The fourth-order valence-corrected chi connectivity index (χ4v) is 1.30. The monoisotopic (exact) mass is 231 g/mol. The Hall–Kier alpha value is -1.39. The fourth-order valence-electron chi connectivity index (χ4n) is 1.30. The summed E-state index contributed by atoms with van der Waals surface area (Å²) < 4.78 is 35.5. The van der Waals surface area contributed by atoms with Crippen LogP contribution >= 0.6 is 0 Å². The second-order valence-corrected chi connectivity index (χ2v) is 3.64. The normalized spacial score (nSPS) is 11.5. The quantitative estimate of drug-likeness (QED) is 0.744. The van der Waals surface area contributed by atoms with Gasteiger partial charge in [0.25, 0.3) is 0 Å². The summed E-state index contributed by atoms with van der Waals surface area (Å²) in [5, 5.41) is 0. The number of halogens is 3. The highest BCUT2D eigenvalue weighted by atomic mass is 19.4. The molecular weight excluding hydrogens is 219 g/mol. The van der Waals surface area contributed by atoms with E-state index in [1.54, 1.807) is 19.2 Å². The summed E-state index contributed by atoms with van der Waals surface area (Å²) in [4.78, 5) is 15.3. The van der Waals surface area contributed by atoms with Gasteiger partial charge in [0.05, 0.1) is 0 Å². The summed E-state index contributed by atoms with van der Waals surface area (Å²) in [5.41, 5.74) is 1.20. The van der Waals surface area contributed by atoms with Crippen molar-refractivity contribution in [3.63, 3.8) is 0 Å². The van der Waals surface area contributed by atoms with Gasteiger partial charge in [0.2, 0.25) is 0 Å². The molecule has 5 heteroatoms. The first-order valence-electron chi connectivity index (χ1n) is 4.90. The zero-order chi connectivity index (χ0) is 12.2.